The number of hydrogen-bond acceptors (Lipinski definition) is 3. The van der Waals surface area contributed by atoms with Crippen molar-refractivity contribution in [3.8, 4) is 5.75 Å². The number of nitrogens with one attached hydrogen (secondary N) is 1. The molecule has 0 spiro atoms. The van der Waals surface area contributed by atoms with Crippen LogP contribution >= 0.6 is 11.6 Å². The normalized spacial score (nSPS) is 19.8. The molecule has 2 aliphatic rings. The zero-order valence-electron chi connectivity index (χ0n) is 12.0. The van der Waals surface area contributed by atoms with E-state index in [0.717, 1.165) is 38.4 Å². The van der Waals surface area contributed by atoms with E-state index in [4.69, 9.17) is 11.6 Å². The lowest BCUT2D eigenvalue weighted by Gasteiger charge is -2.32. The molecule has 1 heterocycles. The maximum absolute atomic E-state index is 12.4. The van der Waals surface area contributed by atoms with Gasteiger partial charge in [0.1, 0.15) is 5.75 Å². The summed E-state index contributed by atoms with van der Waals surface area (Å²) in [5.41, 5.74) is 0.337. The predicted octanol–water partition coefficient (Wildman–Crippen LogP) is 2.65. The van der Waals surface area contributed by atoms with E-state index in [2.05, 4.69) is 5.32 Å². The van der Waals surface area contributed by atoms with Gasteiger partial charge in [-0.3, -0.25) is 4.79 Å². The standard InChI is InChI=1S/C16H21ClN2O2/c17-12-3-4-14(15(20)9-12)16(21)19-7-5-13(6-8-19)18-10-11-1-2-11/h3-4,9,11,13,18,20H,1-2,5-8,10H2. The number of carbonyl (C=O) groups excluding carboxylic acids is 1. The third kappa shape index (κ3) is 3.69. The van der Waals surface area contributed by atoms with Gasteiger partial charge in [0, 0.05) is 24.2 Å². The third-order valence-electron chi connectivity index (χ3n) is 4.36. The van der Waals surface area contributed by atoms with Gasteiger partial charge in [-0.15, -0.1) is 0 Å². The molecule has 3 rings (SSSR count). The van der Waals surface area contributed by atoms with Gasteiger partial charge in [0.15, 0.2) is 0 Å². The minimum atomic E-state index is -0.107. The van der Waals surface area contributed by atoms with Gasteiger partial charge in [0.25, 0.3) is 5.91 Å². The van der Waals surface area contributed by atoms with Gasteiger partial charge in [-0.2, -0.15) is 0 Å². The number of phenolic OH excluding ortho intramolecular Hbond substituents is 1. The lowest BCUT2D eigenvalue weighted by molar-refractivity contribution is 0.0702. The molecule has 1 aliphatic heterocycles. The van der Waals surface area contributed by atoms with E-state index in [1.807, 2.05) is 4.90 Å². The average Bonchev–Trinajstić information content (AvgIpc) is 3.29. The van der Waals surface area contributed by atoms with Gasteiger partial charge in [0.05, 0.1) is 5.56 Å². The van der Waals surface area contributed by atoms with Crippen molar-refractivity contribution >= 4 is 17.5 Å². The molecule has 4 nitrogen and oxygen atoms in total. The molecule has 5 heteroatoms. The molecule has 2 N–H and O–H groups in total. The number of carbonyl (C=O) groups is 1. The number of likely N-dealkylation sites (tertiary alicyclic amines) is 1. The Labute approximate surface area is 130 Å². The largest absolute Gasteiger partial charge is 0.507 e. The molecule has 0 radical (unpaired) electrons. The van der Waals surface area contributed by atoms with E-state index < -0.39 is 0 Å². The Hall–Kier alpha value is -1.26. The van der Waals surface area contributed by atoms with Crippen LogP contribution in [0, 0.1) is 5.92 Å². The number of aromatic hydroxyl groups is 1. The fraction of sp³-hybridized carbons (Fsp3) is 0.562. The zero-order chi connectivity index (χ0) is 14.8. The summed E-state index contributed by atoms with van der Waals surface area (Å²) < 4.78 is 0. The molecule has 0 aromatic heterocycles. The summed E-state index contributed by atoms with van der Waals surface area (Å²) in [5.74, 6) is 0.738. The monoisotopic (exact) mass is 308 g/mol. The molecule has 2 fully saturated rings. The van der Waals surface area contributed by atoms with Crippen molar-refractivity contribution in [2.24, 2.45) is 5.92 Å². The Bertz CT molecular complexity index is 523. The second-order valence-corrected chi connectivity index (χ2v) is 6.52. The quantitative estimate of drug-likeness (QED) is 0.899. The molecule has 1 aromatic carbocycles. The van der Waals surface area contributed by atoms with Crippen molar-refractivity contribution in [3.63, 3.8) is 0 Å². The van der Waals surface area contributed by atoms with Crippen molar-refractivity contribution in [1.29, 1.82) is 0 Å². The van der Waals surface area contributed by atoms with Crippen LogP contribution in [-0.2, 0) is 0 Å². The number of benzene rings is 1. The number of nitrogens with zero attached hydrogens (tertiary/aromatic N) is 1. The zero-order valence-corrected chi connectivity index (χ0v) is 12.8. The Kier molecular flexibility index (Phi) is 4.36. The van der Waals surface area contributed by atoms with E-state index >= 15 is 0 Å². The van der Waals surface area contributed by atoms with E-state index in [9.17, 15) is 9.90 Å². The van der Waals surface area contributed by atoms with Crippen LogP contribution in [0.25, 0.3) is 0 Å². The first-order valence-corrected chi connectivity index (χ1v) is 8.02. The summed E-state index contributed by atoms with van der Waals surface area (Å²) in [5, 5.41) is 13.9. The summed E-state index contributed by atoms with van der Waals surface area (Å²) in [6, 6.07) is 5.17. The molecule has 1 amide bonds. The number of phenols is 1. The van der Waals surface area contributed by atoms with Crippen LogP contribution in [0.5, 0.6) is 5.75 Å². The molecule has 0 unspecified atom stereocenters. The number of hydrogen-bond donors (Lipinski definition) is 2. The first kappa shape index (κ1) is 14.7. The summed E-state index contributed by atoms with van der Waals surface area (Å²) >= 11 is 5.80. The van der Waals surface area contributed by atoms with E-state index in [0.29, 0.717) is 16.6 Å². The van der Waals surface area contributed by atoms with Crippen LogP contribution in [0.2, 0.25) is 5.02 Å². The highest BCUT2D eigenvalue weighted by atomic mass is 35.5. The second-order valence-electron chi connectivity index (χ2n) is 6.08. The van der Waals surface area contributed by atoms with E-state index in [1.54, 1.807) is 12.1 Å². The highest BCUT2D eigenvalue weighted by Gasteiger charge is 2.27. The summed E-state index contributed by atoms with van der Waals surface area (Å²) in [6.45, 7) is 2.60. The van der Waals surface area contributed by atoms with Gasteiger partial charge < -0.3 is 15.3 Å². The summed E-state index contributed by atoms with van der Waals surface area (Å²) in [7, 11) is 0. The Balaban J connectivity index is 1.54. The highest BCUT2D eigenvalue weighted by molar-refractivity contribution is 6.30. The number of halogens is 1. The highest BCUT2D eigenvalue weighted by Crippen LogP contribution is 2.28. The fourth-order valence-corrected chi connectivity index (χ4v) is 2.96. The van der Waals surface area contributed by atoms with Crippen molar-refractivity contribution in [1.82, 2.24) is 10.2 Å². The van der Waals surface area contributed by atoms with Crippen molar-refractivity contribution in [2.75, 3.05) is 19.6 Å². The van der Waals surface area contributed by atoms with Gasteiger partial charge in [-0.25, -0.2) is 0 Å². The first-order chi connectivity index (χ1) is 10.1. The van der Waals surface area contributed by atoms with Gasteiger partial charge in [-0.05, 0) is 56.3 Å². The molecule has 1 aromatic rings. The molecule has 1 aliphatic carbocycles. The number of piperidine rings is 1. The van der Waals surface area contributed by atoms with Gasteiger partial charge in [0.2, 0.25) is 0 Å². The average molecular weight is 309 g/mol. The van der Waals surface area contributed by atoms with Crippen molar-refractivity contribution < 1.29 is 9.90 Å². The minimum absolute atomic E-state index is 0.0403. The molecule has 0 bridgehead atoms. The summed E-state index contributed by atoms with van der Waals surface area (Å²) in [6.07, 6.45) is 4.68. The second kappa shape index (κ2) is 6.24. The summed E-state index contributed by atoms with van der Waals surface area (Å²) in [4.78, 5) is 14.2. The van der Waals surface area contributed by atoms with Crippen LogP contribution in [0.3, 0.4) is 0 Å². The maximum atomic E-state index is 12.4. The molecule has 1 saturated carbocycles. The lowest BCUT2D eigenvalue weighted by atomic mass is 10.0. The Morgan fingerprint density at radius 3 is 2.62 bits per heavy atom. The Morgan fingerprint density at radius 1 is 1.29 bits per heavy atom. The fourth-order valence-electron chi connectivity index (χ4n) is 2.80. The van der Waals surface area contributed by atoms with E-state index in [1.165, 1.54) is 18.9 Å². The minimum Gasteiger partial charge on any atom is -0.507 e. The number of amides is 1. The van der Waals surface area contributed by atoms with Gasteiger partial charge in [-0.1, -0.05) is 11.6 Å². The number of rotatable bonds is 4. The topological polar surface area (TPSA) is 52.6 Å². The molecular weight excluding hydrogens is 288 g/mol. The molecule has 0 atom stereocenters. The Morgan fingerprint density at radius 2 is 2.00 bits per heavy atom. The molecule has 21 heavy (non-hydrogen) atoms. The third-order valence-corrected chi connectivity index (χ3v) is 4.60. The maximum Gasteiger partial charge on any atom is 0.257 e. The lowest BCUT2D eigenvalue weighted by Crippen LogP contribution is -2.45. The van der Waals surface area contributed by atoms with Crippen LogP contribution in [0.1, 0.15) is 36.0 Å². The van der Waals surface area contributed by atoms with Crippen molar-refractivity contribution in [3.05, 3.63) is 28.8 Å². The predicted molar refractivity (Wildman–Crippen MR) is 82.8 cm³/mol. The van der Waals surface area contributed by atoms with Crippen molar-refractivity contribution in [2.45, 2.75) is 31.7 Å². The van der Waals surface area contributed by atoms with Crippen LogP contribution in [0.4, 0.5) is 0 Å². The molecular formula is C16H21ClN2O2. The first-order valence-electron chi connectivity index (χ1n) is 7.64. The van der Waals surface area contributed by atoms with Crippen LogP contribution in [-0.4, -0.2) is 41.6 Å². The molecule has 1 saturated heterocycles. The van der Waals surface area contributed by atoms with Gasteiger partial charge >= 0.3 is 0 Å². The van der Waals surface area contributed by atoms with Crippen LogP contribution < -0.4 is 5.32 Å². The SMILES string of the molecule is O=C(c1ccc(Cl)cc1O)N1CCC(NCC2CC2)CC1. The van der Waals surface area contributed by atoms with E-state index in [-0.39, 0.29) is 11.7 Å². The molecule has 114 valence electrons. The smallest absolute Gasteiger partial charge is 0.257 e. The van der Waals surface area contributed by atoms with Crippen LogP contribution in [0.15, 0.2) is 18.2 Å².